The van der Waals surface area contributed by atoms with E-state index in [9.17, 15) is 4.39 Å². The summed E-state index contributed by atoms with van der Waals surface area (Å²) in [7, 11) is 1.53. The SMILES string of the molecule is CONC(C)c1ccc(F)c(Cl)c1. The van der Waals surface area contributed by atoms with Gasteiger partial charge in [-0.1, -0.05) is 17.7 Å². The van der Waals surface area contributed by atoms with Crippen LogP contribution in [0.1, 0.15) is 18.5 Å². The largest absolute Gasteiger partial charge is 0.305 e. The van der Waals surface area contributed by atoms with Crippen LogP contribution in [0.15, 0.2) is 18.2 Å². The molecule has 0 saturated carbocycles. The zero-order valence-corrected chi connectivity index (χ0v) is 8.23. The molecule has 0 spiro atoms. The van der Waals surface area contributed by atoms with Crippen LogP contribution in [0, 0.1) is 5.82 Å². The molecule has 4 heteroatoms. The highest BCUT2D eigenvalue weighted by Gasteiger charge is 2.06. The molecule has 0 aliphatic rings. The Labute approximate surface area is 81.6 Å². The average molecular weight is 204 g/mol. The molecule has 0 radical (unpaired) electrons. The molecular formula is C9H11ClFNO. The number of rotatable bonds is 3. The Kier molecular flexibility index (Phi) is 3.66. The molecule has 1 N–H and O–H groups in total. The van der Waals surface area contributed by atoms with E-state index >= 15 is 0 Å². The van der Waals surface area contributed by atoms with Crippen molar-refractivity contribution in [2.75, 3.05) is 7.11 Å². The van der Waals surface area contributed by atoms with Gasteiger partial charge in [0, 0.05) is 0 Å². The van der Waals surface area contributed by atoms with Gasteiger partial charge in [-0.25, -0.2) is 4.39 Å². The van der Waals surface area contributed by atoms with Crippen molar-refractivity contribution in [3.63, 3.8) is 0 Å². The van der Waals surface area contributed by atoms with Crippen LogP contribution in [-0.2, 0) is 4.84 Å². The zero-order valence-electron chi connectivity index (χ0n) is 7.47. The van der Waals surface area contributed by atoms with Crippen molar-refractivity contribution in [1.82, 2.24) is 5.48 Å². The molecule has 2 nitrogen and oxygen atoms in total. The van der Waals surface area contributed by atoms with Gasteiger partial charge in [-0.15, -0.1) is 0 Å². The molecule has 0 aromatic heterocycles. The van der Waals surface area contributed by atoms with Crippen LogP contribution < -0.4 is 5.48 Å². The van der Waals surface area contributed by atoms with E-state index in [1.54, 1.807) is 12.1 Å². The molecule has 1 aromatic carbocycles. The molecule has 13 heavy (non-hydrogen) atoms. The Hall–Kier alpha value is -0.640. The molecule has 0 fully saturated rings. The predicted molar refractivity (Wildman–Crippen MR) is 50.0 cm³/mol. The molecule has 0 bridgehead atoms. The van der Waals surface area contributed by atoms with Crippen molar-refractivity contribution < 1.29 is 9.23 Å². The van der Waals surface area contributed by atoms with E-state index < -0.39 is 5.82 Å². The first-order valence-electron chi connectivity index (χ1n) is 3.88. The molecule has 0 saturated heterocycles. The first-order chi connectivity index (χ1) is 6.15. The Morgan fingerprint density at radius 2 is 2.23 bits per heavy atom. The van der Waals surface area contributed by atoms with Crippen molar-refractivity contribution in [3.8, 4) is 0 Å². The van der Waals surface area contributed by atoms with Crippen LogP contribution in [0.2, 0.25) is 5.02 Å². The quantitative estimate of drug-likeness (QED) is 0.763. The van der Waals surface area contributed by atoms with Gasteiger partial charge < -0.3 is 4.84 Å². The van der Waals surface area contributed by atoms with Crippen molar-refractivity contribution in [2.45, 2.75) is 13.0 Å². The second-order valence-corrected chi connectivity index (χ2v) is 3.12. The summed E-state index contributed by atoms with van der Waals surface area (Å²) in [5, 5.41) is 0.127. The van der Waals surface area contributed by atoms with Crippen molar-refractivity contribution in [1.29, 1.82) is 0 Å². The summed E-state index contributed by atoms with van der Waals surface area (Å²) < 4.78 is 12.8. The van der Waals surface area contributed by atoms with E-state index in [-0.39, 0.29) is 11.1 Å². The Morgan fingerprint density at radius 1 is 1.54 bits per heavy atom. The number of nitrogens with one attached hydrogen (secondary N) is 1. The Morgan fingerprint density at radius 3 is 2.77 bits per heavy atom. The monoisotopic (exact) mass is 203 g/mol. The number of hydrogen-bond acceptors (Lipinski definition) is 2. The van der Waals surface area contributed by atoms with Gasteiger partial charge in [0.1, 0.15) is 5.82 Å². The van der Waals surface area contributed by atoms with Gasteiger partial charge in [0.25, 0.3) is 0 Å². The van der Waals surface area contributed by atoms with Crippen LogP contribution in [0.25, 0.3) is 0 Å². The second-order valence-electron chi connectivity index (χ2n) is 2.72. The third kappa shape index (κ3) is 2.66. The highest BCUT2D eigenvalue weighted by molar-refractivity contribution is 6.30. The summed E-state index contributed by atoms with van der Waals surface area (Å²) in [6.07, 6.45) is 0. The fourth-order valence-electron chi connectivity index (χ4n) is 1.03. The van der Waals surface area contributed by atoms with Crippen LogP contribution in [0.4, 0.5) is 4.39 Å². The highest BCUT2D eigenvalue weighted by Crippen LogP contribution is 2.20. The molecule has 1 unspecified atom stereocenters. The standard InChI is InChI=1S/C9H11ClFNO/c1-6(12-13-2)7-3-4-9(11)8(10)5-7/h3-6,12H,1-2H3. The van der Waals surface area contributed by atoms with E-state index in [2.05, 4.69) is 5.48 Å². The number of benzene rings is 1. The van der Waals surface area contributed by atoms with Crippen LogP contribution in [0.3, 0.4) is 0 Å². The topological polar surface area (TPSA) is 21.3 Å². The molecule has 0 aliphatic carbocycles. The molecule has 1 aromatic rings. The molecule has 0 aliphatic heterocycles. The lowest BCUT2D eigenvalue weighted by atomic mass is 10.1. The van der Waals surface area contributed by atoms with Gasteiger partial charge in [-0.2, -0.15) is 5.48 Å². The van der Waals surface area contributed by atoms with E-state index in [4.69, 9.17) is 16.4 Å². The van der Waals surface area contributed by atoms with Crippen molar-refractivity contribution in [2.24, 2.45) is 0 Å². The summed E-state index contributed by atoms with van der Waals surface area (Å²) in [4.78, 5) is 4.74. The lowest BCUT2D eigenvalue weighted by Crippen LogP contribution is -2.16. The van der Waals surface area contributed by atoms with Crippen molar-refractivity contribution in [3.05, 3.63) is 34.6 Å². The van der Waals surface area contributed by atoms with Crippen LogP contribution >= 0.6 is 11.6 Å². The van der Waals surface area contributed by atoms with Gasteiger partial charge in [0.15, 0.2) is 0 Å². The molecule has 0 heterocycles. The summed E-state index contributed by atoms with van der Waals surface area (Å²) in [6, 6.07) is 4.57. The lowest BCUT2D eigenvalue weighted by molar-refractivity contribution is 0.0658. The highest BCUT2D eigenvalue weighted by atomic mass is 35.5. The van der Waals surface area contributed by atoms with Gasteiger partial charge in [-0.05, 0) is 24.6 Å². The second kappa shape index (κ2) is 4.56. The van der Waals surface area contributed by atoms with Crippen molar-refractivity contribution >= 4 is 11.6 Å². The maximum absolute atomic E-state index is 12.8. The van der Waals surface area contributed by atoms with Crippen LogP contribution in [0.5, 0.6) is 0 Å². The van der Waals surface area contributed by atoms with Crippen LogP contribution in [-0.4, -0.2) is 7.11 Å². The molecule has 0 amide bonds. The van der Waals surface area contributed by atoms with Gasteiger partial charge in [-0.3, -0.25) is 0 Å². The van der Waals surface area contributed by atoms with Gasteiger partial charge >= 0.3 is 0 Å². The fraction of sp³-hybridized carbons (Fsp3) is 0.333. The summed E-state index contributed by atoms with van der Waals surface area (Å²) in [5.74, 6) is -0.407. The molecular weight excluding hydrogens is 193 g/mol. The van der Waals surface area contributed by atoms with Gasteiger partial charge in [0.05, 0.1) is 18.2 Å². The number of halogens is 2. The Bertz CT molecular complexity index is 293. The maximum Gasteiger partial charge on any atom is 0.141 e. The molecule has 1 rings (SSSR count). The van der Waals surface area contributed by atoms with Gasteiger partial charge in [0.2, 0.25) is 0 Å². The first-order valence-corrected chi connectivity index (χ1v) is 4.26. The predicted octanol–water partition coefficient (Wildman–Crippen LogP) is 2.69. The summed E-state index contributed by atoms with van der Waals surface area (Å²) in [6.45, 7) is 1.90. The van der Waals surface area contributed by atoms with E-state index in [0.717, 1.165) is 5.56 Å². The minimum atomic E-state index is -0.407. The third-order valence-electron chi connectivity index (χ3n) is 1.74. The first kappa shape index (κ1) is 10.4. The number of hydroxylamine groups is 1. The number of hydrogen-bond donors (Lipinski definition) is 1. The maximum atomic E-state index is 12.8. The molecule has 1 atom stereocenters. The average Bonchev–Trinajstić information content (AvgIpc) is 2.10. The van der Waals surface area contributed by atoms with E-state index in [0.29, 0.717) is 0 Å². The minimum Gasteiger partial charge on any atom is -0.305 e. The minimum absolute atomic E-state index is 0.0110. The van der Waals surface area contributed by atoms with E-state index in [1.165, 1.54) is 13.2 Å². The third-order valence-corrected chi connectivity index (χ3v) is 2.03. The lowest BCUT2D eigenvalue weighted by Gasteiger charge is -2.12. The Balaban J connectivity index is 2.84. The summed E-state index contributed by atoms with van der Waals surface area (Å²) >= 11 is 5.61. The smallest absolute Gasteiger partial charge is 0.141 e. The molecule has 72 valence electrons. The fourth-order valence-corrected chi connectivity index (χ4v) is 1.22. The summed E-state index contributed by atoms with van der Waals surface area (Å²) in [5.41, 5.74) is 3.61. The van der Waals surface area contributed by atoms with E-state index in [1.807, 2.05) is 6.92 Å². The normalized spacial score (nSPS) is 12.9. The zero-order chi connectivity index (χ0) is 9.84.